The average Bonchev–Trinajstić information content (AvgIpc) is 3.43. The molecule has 1 fully saturated rings. The minimum Gasteiger partial charge on any atom is -0.354 e. The van der Waals surface area contributed by atoms with Crippen molar-refractivity contribution in [3.63, 3.8) is 0 Å². The van der Waals surface area contributed by atoms with Crippen LogP contribution in [0.25, 0.3) is 0 Å². The Kier molecular flexibility index (Phi) is 4.51. The maximum absolute atomic E-state index is 13.6. The quantitative estimate of drug-likeness (QED) is 0.824. The molecule has 0 spiro atoms. The monoisotopic (exact) mass is 389 g/mol. The van der Waals surface area contributed by atoms with Gasteiger partial charge in [0, 0.05) is 12.6 Å². The number of carbonyl (C=O) groups excluding carboxylic acids is 1. The molecule has 142 valence electrons. The Hall–Kier alpha value is -2.61. The molecule has 4 rings (SSSR count). The number of halogens is 1. The minimum atomic E-state index is -3.63. The van der Waals surface area contributed by atoms with Crippen LogP contribution in [0.15, 0.2) is 48.5 Å². The van der Waals surface area contributed by atoms with Gasteiger partial charge in [0.05, 0.1) is 24.3 Å². The molecular weight excluding hydrogens is 369 g/mol. The van der Waals surface area contributed by atoms with Crippen LogP contribution in [0.1, 0.15) is 18.4 Å². The molecule has 1 N–H and O–H groups in total. The number of para-hydroxylation sites is 2. The van der Waals surface area contributed by atoms with E-state index in [1.807, 2.05) is 12.1 Å². The molecule has 1 saturated carbocycles. The first kappa shape index (κ1) is 17.8. The van der Waals surface area contributed by atoms with Gasteiger partial charge in [-0.2, -0.15) is 8.42 Å². The van der Waals surface area contributed by atoms with Gasteiger partial charge in [0.1, 0.15) is 5.82 Å². The number of carbonyl (C=O) groups is 1. The first-order valence-corrected chi connectivity index (χ1v) is 10.3. The second kappa shape index (κ2) is 6.84. The summed E-state index contributed by atoms with van der Waals surface area (Å²) in [7, 11) is -3.63. The van der Waals surface area contributed by atoms with Crippen molar-refractivity contribution in [2.75, 3.05) is 21.7 Å². The first-order valence-electron chi connectivity index (χ1n) is 8.90. The maximum Gasteiger partial charge on any atom is 0.326 e. The highest BCUT2D eigenvalue weighted by Crippen LogP contribution is 2.46. The first-order chi connectivity index (χ1) is 13.0. The van der Waals surface area contributed by atoms with E-state index < -0.39 is 16.0 Å². The van der Waals surface area contributed by atoms with E-state index in [4.69, 9.17) is 0 Å². The van der Waals surface area contributed by atoms with E-state index in [1.54, 1.807) is 30.3 Å². The van der Waals surface area contributed by atoms with E-state index in [-0.39, 0.29) is 31.5 Å². The van der Waals surface area contributed by atoms with Crippen LogP contribution in [-0.4, -0.2) is 33.5 Å². The maximum atomic E-state index is 13.6. The van der Waals surface area contributed by atoms with Crippen molar-refractivity contribution in [2.24, 2.45) is 0 Å². The molecule has 1 amide bonds. The normalized spacial score (nSPS) is 17.7. The summed E-state index contributed by atoms with van der Waals surface area (Å²) in [6, 6.07) is 13.3. The number of fused-ring (bicyclic) bond motifs is 1. The minimum absolute atomic E-state index is 0.0248. The van der Waals surface area contributed by atoms with Gasteiger partial charge in [-0.05, 0) is 36.6 Å². The van der Waals surface area contributed by atoms with Crippen LogP contribution in [0.5, 0.6) is 0 Å². The summed E-state index contributed by atoms with van der Waals surface area (Å²) in [5.41, 5.74) is 1.64. The summed E-state index contributed by atoms with van der Waals surface area (Å²) in [5, 5.41) is 2.68. The highest BCUT2D eigenvalue weighted by atomic mass is 32.2. The molecule has 2 aromatic rings. The van der Waals surface area contributed by atoms with Crippen LogP contribution in [0.4, 0.5) is 15.8 Å². The number of rotatable bonds is 6. The third-order valence-corrected chi connectivity index (χ3v) is 6.67. The molecule has 2 aromatic carbocycles. The summed E-state index contributed by atoms with van der Waals surface area (Å²) in [6.07, 6.45) is 1.64. The molecule has 1 aliphatic heterocycles. The molecule has 0 atom stereocenters. The molecule has 0 saturated heterocycles. The predicted octanol–water partition coefficient (Wildman–Crippen LogP) is 2.22. The molecular formula is C19H20FN3O3S. The van der Waals surface area contributed by atoms with E-state index in [0.717, 1.165) is 12.8 Å². The molecule has 1 aliphatic carbocycles. The fraction of sp³-hybridized carbons (Fsp3) is 0.316. The van der Waals surface area contributed by atoms with Gasteiger partial charge in [-0.1, -0.05) is 30.3 Å². The second-order valence-corrected chi connectivity index (χ2v) is 8.44. The Morgan fingerprint density at radius 3 is 2.44 bits per heavy atom. The van der Waals surface area contributed by atoms with Gasteiger partial charge in [0.25, 0.3) is 0 Å². The summed E-state index contributed by atoms with van der Waals surface area (Å²) in [5.74, 6) is -0.771. The molecule has 0 radical (unpaired) electrons. The second-order valence-electron chi connectivity index (χ2n) is 6.71. The van der Waals surface area contributed by atoms with Crippen molar-refractivity contribution in [1.29, 1.82) is 0 Å². The number of hydrogen-bond acceptors (Lipinski definition) is 3. The average molecular weight is 389 g/mol. The van der Waals surface area contributed by atoms with Crippen LogP contribution in [0.2, 0.25) is 0 Å². The third-order valence-electron chi connectivity index (χ3n) is 4.74. The number of nitrogens with one attached hydrogen (secondary N) is 1. The highest BCUT2D eigenvalue weighted by molar-refractivity contribution is 7.94. The Balaban J connectivity index is 1.42. The Labute approximate surface area is 157 Å². The number of benzene rings is 2. The summed E-state index contributed by atoms with van der Waals surface area (Å²) >= 11 is 0. The fourth-order valence-electron chi connectivity index (χ4n) is 3.32. The standard InChI is InChI=1S/C19H20FN3O3S/c20-16-6-2-1-5-14(16)13-19(24)21-11-12-22-17-7-3-4-8-18(17)23(15-9-10-15)27(22,25)26/h1-8,15H,9-13H2,(H,21,24). The topological polar surface area (TPSA) is 69.7 Å². The molecule has 8 heteroatoms. The zero-order valence-electron chi connectivity index (χ0n) is 14.6. The van der Waals surface area contributed by atoms with Gasteiger partial charge in [0.15, 0.2) is 0 Å². The van der Waals surface area contributed by atoms with E-state index in [1.165, 1.54) is 14.7 Å². The smallest absolute Gasteiger partial charge is 0.326 e. The van der Waals surface area contributed by atoms with Crippen LogP contribution < -0.4 is 13.9 Å². The lowest BCUT2D eigenvalue weighted by atomic mass is 10.1. The lowest BCUT2D eigenvalue weighted by Crippen LogP contribution is -2.43. The van der Waals surface area contributed by atoms with Crippen LogP contribution >= 0.6 is 0 Å². The van der Waals surface area contributed by atoms with Crippen molar-refractivity contribution >= 4 is 27.5 Å². The lowest BCUT2D eigenvalue weighted by molar-refractivity contribution is -0.120. The van der Waals surface area contributed by atoms with E-state index in [9.17, 15) is 17.6 Å². The largest absolute Gasteiger partial charge is 0.354 e. The zero-order chi connectivity index (χ0) is 19.0. The number of nitrogens with zero attached hydrogens (tertiary/aromatic N) is 2. The van der Waals surface area contributed by atoms with Crippen molar-refractivity contribution in [2.45, 2.75) is 25.3 Å². The SMILES string of the molecule is O=C(Cc1ccccc1F)NCCN1c2ccccc2N(C2CC2)S1(=O)=O. The van der Waals surface area contributed by atoms with Crippen LogP contribution in [-0.2, 0) is 21.4 Å². The van der Waals surface area contributed by atoms with Crippen molar-refractivity contribution in [1.82, 2.24) is 5.32 Å². The molecule has 0 aromatic heterocycles. The Bertz CT molecular complexity index is 976. The van der Waals surface area contributed by atoms with Gasteiger partial charge >= 0.3 is 10.2 Å². The number of anilines is 2. The van der Waals surface area contributed by atoms with E-state index >= 15 is 0 Å². The van der Waals surface area contributed by atoms with E-state index in [2.05, 4.69) is 5.32 Å². The molecule has 6 nitrogen and oxygen atoms in total. The van der Waals surface area contributed by atoms with E-state index in [0.29, 0.717) is 16.9 Å². The van der Waals surface area contributed by atoms with Crippen LogP contribution in [0.3, 0.4) is 0 Å². The number of hydrogen-bond donors (Lipinski definition) is 1. The predicted molar refractivity (Wildman–Crippen MR) is 101 cm³/mol. The lowest BCUT2D eigenvalue weighted by Gasteiger charge is -2.21. The molecule has 2 aliphatic rings. The zero-order valence-corrected chi connectivity index (χ0v) is 15.5. The van der Waals surface area contributed by atoms with Gasteiger partial charge in [-0.15, -0.1) is 0 Å². The van der Waals surface area contributed by atoms with Gasteiger partial charge in [0.2, 0.25) is 5.91 Å². The summed E-state index contributed by atoms with van der Waals surface area (Å²) < 4.78 is 42.3. The van der Waals surface area contributed by atoms with Gasteiger partial charge in [-0.3, -0.25) is 4.79 Å². The third kappa shape index (κ3) is 3.37. The summed E-state index contributed by atoms with van der Waals surface area (Å²) in [6.45, 7) is 0.283. The van der Waals surface area contributed by atoms with Crippen molar-refractivity contribution in [3.8, 4) is 0 Å². The van der Waals surface area contributed by atoms with Crippen LogP contribution in [0, 0.1) is 5.82 Å². The highest BCUT2D eigenvalue weighted by Gasteiger charge is 2.47. The van der Waals surface area contributed by atoms with Gasteiger partial charge < -0.3 is 5.32 Å². The molecule has 1 heterocycles. The molecule has 0 bridgehead atoms. The Morgan fingerprint density at radius 1 is 1.07 bits per heavy atom. The van der Waals surface area contributed by atoms with Gasteiger partial charge in [-0.25, -0.2) is 13.0 Å². The molecule has 0 unspecified atom stereocenters. The van der Waals surface area contributed by atoms with Crippen molar-refractivity contribution < 1.29 is 17.6 Å². The number of amides is 1. The fourth-order valence-corrected chi connectivity index (χ4v) is 5.25. The summed E-state index contributed by atoms with van der Waals surface area (Å²) in [4.78, 5) is 12.1. The van der Waals surface area contributed by atoms with Crippen molar-refractivity contribution in [3.05, 3.63) is 59.9 Å². The molecule has 27 heavy (non-hydrogen) atoms. The Morgan fingerprint density at radius 2 is 1.74 bits per heavy atom.